The molecular weight excluding hydrogens is 216 g/mol. The summed E-state index contributed by atoms with van der Waals surface area (Å²) in [5.74, 6) is 0.718. The maximum absolute atomic E-state index is 4.61. The van der Waals surface area contributed by atoms with Gasteiger partial charge in [-0.1, -0.05) is 26.0 Å². The van der Waals surface area contributed by atoms with Crippen LogP contribution in [0.25, 0.3) is 10.2 Å². The lowest BCUT2D eigenvalue weighted by Crippen LogP contribution is -2.22. The van der Waals surface area contributed by atoms with Crippen molar-refractivity contribution in [2.45, 2.75) is 20.3 Å². The molecule has 0 unspecified atom stereocenters. The zero-order valence-corrected chi connectivity index (χ0v) is 10.7. The van der Waals surface area contributed by atoms with Crippen LogP contribution in [0.2, 0.25) is 0 Å². The van der Waals surface area contributed by atoms with Crippen LogP contribution in [0.1, 0.15) is 18.9 Å². The molecule has 0 radical (unpaired) electrons. The Kier molecular flexibility index (Phi) is 3.91. The summed E-state index contributed by atoms with van der Waals surface area (Å²) < 4.78 is 1.29. The lowest BCUT2D eigenvalue weighted by atomic mass is 10.2. The van der Waals surface area contributed by atoms with Crippen molar-refractivity contribution in [1.82, 2.24) is 10.3 Å². The van der Waals surface area contributed by atoms with Crippen molar-refractivity contribution in [3.05, 3.63) is 29.3 Å². The van der Waals surface area contributed by atoms with E-state index >= 15 is 0 Å². The minimum absolute atomic E-state index is 0.718. The monoisotopic (exact) mass is 234 g/mol. The van der Waals surface area contributed by atoms with Crippen LogP contribution in [0.5, 0.6) is 0 Å². The van der Waals surface area contributed by atoms with Gasteiger partial charge in [0.05, 0.1) is 15.2 Å². The molecule has 2 rings (SSSR count). The standard InChI is InChI=1S/C13H18N2S/c1-10(2)9-14-8-7-13-15-11-5-3-4-6-12(11)16-13/h3-6,10,14H,7-9H2,1-2H3. The number of aromatic nitrogens is 1. The molecule has 0 saturated carbocycles. The Morgan fingerprint density at radius 3 is 2.88 bits per heavy atom. The van der Waals surface area contributed by atoms with Gasteiger partial charge in [0, 0.05) is 13.0 Å². The van der Waals surface area contributed by atoms with Gasteiger partial charge in [-0.3, -0.25) is 0 Å². The molecule has 0 bridgehead atoms. The lowest BCUT2D eigenvalue weighted by molar-refractivity contribution is 0.554. The Morgan fingerprint density at radius 2 is 2.12 bits per heavy atom. The number of hydrogen-bond acceptors (Lipinski definition) is 3. The number of hydrogen-bond donors (Lipinski definition) is 1. The van der Waals surface area contributed by atoms with Gasteiger partial charge >= 0.3 is 0 Å². The summed E-state index contributed by atoms with van der Waals surface area (Å²) in [7, 11) is 0. The Balaban J connectivity index is 1.89. The Hall–Kier alpha value is -0.930. The highest BCUT2D eigenvalue weighted by Gasteiger charge is 2.02. The molecule has 1 N–H and O–H groups in total. The van der Waals surface area contributed by atoms with Gasteiger partial charge < -0.3 is 5.32 Å². The lowest BCUT2D eigenvalue weighted by Gasteiger charge is -2.05. The maximum atomic E-state index is 4.61. The van der Waals surface area contributed by atoms with E-state index in [2.05, 4.69) is 42.3 Å². The summed E-state index contributed by atoms with van der Waals surface area (Å²) in [5.41, 5.74) is 1.13. The Morgan fingerprint density at radius 1 is 1.31 bits per heavy atom. The fraction of sp³-hybridized carbons (Fsp3) is 0.462. The van der Waals surface area contributed by atoms with Gasteiger partial charge in [0.1, 0.15) is 0 Å². The van der Waals surface area contributed by atoms with Gasteiger partial charge in [0.25, 0.3) is 0 Å². The van der Waals surface area contributed by atoms with Crippen LogP contribution >= 0.6 is 11.3 Å². The average molecular weight is 234 g/mol. The van der Waals surface area contributed by atoms with Gasteiger partial charge in [0.2, 0.25) is 0 Å². The third-order valence-electron chi connectivity index (χ3n) is 2.41. The first-order valence-electron chi connectivity index (χ1n) is 5.81. The van der Waals surface area contributed by atoms with Crippen molar-refractivity contribution in [1.29, 1.82) is 0 Å². The summed E-state index contributed by atoms with van der Waals surface area (Å²) >= 11 is 1.80. The summed E-state index contributed by atoms with van der Waals surface area (Å²) in [4.78, 5) is 4.61. The van der Waals surface area contributed by atoms with E-state index in [1.807, 2.05) is 6.07 Å². The second-order valence-electron chi connectivity index (χ2n) is 4.42. The predicted octanol–water partition coefficient (Wildman–Crippen LogP) is 3.08. The Labute approximate surface area is 101 Å². The van der Waals surface area contributed by atoms with Gasteiger partial charge in [-0.15, -0.1) is 11.3 Å². The van der Waals surface area contributed by atoms with Crippen LogP contribution < -0.4 is 5.32 Å². The second-order valence-corrected chi connectivity index (χ2v) is 5.54. The summed E-state index contributed by atoms with van der Waals surface area (Å²) in [6.45, 7) is 6.57. The first-order chi connectivity index (χ1) is 7.75. The smallest absolute Gasteiger partial charge is 0.0951 e. The summed E-state index contributed by atoms with van der Waals surface area (Å²) in [6, 6.07) is 8.33. The predicted molar refractivity (Wildman–Crippen MR) is 71.0 cm³/mol. The SMILES string of the molecule is CC(C)CNCCc1nc2ccccc2s1. The van der Waals surface area contributed by atoms with E-state index < -0.39 is 0 Å². The molecule has 0 aliphatic heterocycles. The van der Waals surface area contributed by atoms with Crippen molar-refractivity contribution in [3.63, 3.8) is 0 Å². The molecule has 0 aliphatic carbocycles. The molecular formula is C13H18N2S. The fourth-order valence-electron chi connectivity index (χ4n) is 1.61. The zero-order valence-electron chi connectivity index (χ0n) is 9.86. The number of nitrogens with one attached hydrogen (secondary N) is 1. The van der Waals surface area contributed by atoms with Crippen LogP contribution in [0, 0.1) is 5.92 Å². The topological polar surface area (TPSA) is 24.9 Å². The van der Waals surface area contributed by atoms with Crippen LogP contribution in [0.3, 0.4) is 0 Å². The van der Waals surface area contributed by atoms with E-state index in [1.165, 1.54) is 9.71 Å². The van der Waals surface area contributed by atoms with Gasteiger partial charge in [0.15, 0.2) is 0 Å². The van der Waals surface area contributed by atoms with Crippen LogP contribution in [-0.4, -0.2) is 18.1 Å². The highest BCUT2D eigenvalue weighted by Crippen LogP contribution is 2.21. The van der Waals surface area contributed by atoms with Gasteiger partial charge in [-0.2, -0.15) is 0 Å². The first-order valence-corrected chi connectivity index (χ1v) is 6.62. The molecule has 1 aromatic carbocycles. The maximum Gasteiger partial charge on any atom is 0.0951 e. The quantitative estimate of drug-likeness (QED) is 0.804. The van der Waals surface area contributed by atoms with E-state index in [0.29, 0.717) is 0 Å². The van der Waals surface area contributed by atoms with Crippen molar-refractivity contribution in [2.75, 3.05) is 13.1 Å². The number of nitrogens with zero attached hydrogens (tertiary/aromatic N) is 1. The van der Waals surface area contributed by atoms with Gasteiger partial charge in [-0.25, -0.2) is 4.98 Å². The highest BCUT2D eigenvalue weighted by molar-refractivity contribution is 7.18. The molecule has 1 aromatic heterocycles. The van der Waals surface area contributed by atoms with Crippen molar-refractivity contribution in [2.24, 2.45) is 5.92 Å². The van der Waals surface area contributed by atoms with E-state index in [-0.39, 0.29) is 0 Å². The first kappa shape index (κ1) is 11.6. The molecule has 0 fully saturated rings. The van der Waals surface area contributed by atoms with E-state index in [9.17, 15) is 0 Å². The third-order valence-corrected chi connectivity index (χ3v) is 3.50. The second kappa shape index (κ2) is 5.41. The van der Waals surface area contributed by atoms with Crippen LogP contribution in [-0.2, 0) is 6.42 Å². The van der Waals surface area contributed by atoms with Crippen molar-refractivity contribution >= 4 is 21.6 Å². The average Bonchev–Trinajstić information content (AvgIpc) is 2.66. The number of benzene rings is 1. The van der Waals surface area contributed by atoms with Crippen molar-refractivity contribution < 1.29 is 0 Å². The minimum Gasteiger partial charge on any atom is -0.316 e. The molecule has 2 aromatic rings. The molecule has 16 heavy (non-hydrogen) atoms. The van der Waals surface area contributed by atoms with E-state index in [4.69, 9.17) is 0 Å². The molecule has 0 amide bonds. The van der Waals surface area contributed by atoms with Crippen LogP contribution in [0.15, 0.2) is 24.3 Å². The van der Waals surface area contributed by atoms with Gasteiger partial charge in [-0.05, 0) is 24.6 Å². The van der Waals surface area contributed by atoms with E-state index in [0.717, 1.165) is 30.9 Å². The molecule has 2 nitrogen and oxygen atoms in total. The zero-order chi connectivity index (χ0) is 11.4. The number of para-hydroxylation sites is 1. The molecule has 3 heteroatoms. The fourth-order valence-corrected chi connectivity index (χ4v) is 2.58. The highest BCUT2D eigenvalue weighted by atomic mass is 32.1. The number of rotatable bonds is 5. The number of thiazole rings is 1. The van der Waals surface area contributed by atoms with Crippen molar-refractivity contribution in [3.8, 4) is 0 Å². The normalized spacial score (nSPS) is 11.4. The molecule has 1 heterocycles. The molecule has 0 saturated heterocycles. The molecule has 0 spiro atoms. The summed E-state index contributed by atoms with van der Waals surface area (Å²) in [5, 5.41) is 4.68. The number of fused-ring (bicyclic) bond motifs is 1. The van der Waals surface area contributed by atoms with Crippen LogP contribution in [0.4, 0.5) is 0 Å². The molecule has 0 aliphatic rings. The molecule has 86 valence electrons. The minimum atomic E-state index is 0.718. The third kappa shape index (κ3) is 3.03. The molecule has 0 atom stereocenters. The summed E-state index contributed by atoms with van der Waals surface area (Å²) in [6.07, 6.45) is 1.03. The van der Waals surface area contributed by atoms with E-state index in [1.54, 1.807) is 11.3 Å². The Bertz CT molecular complexity index is 415. The largest absolute Gasteiger partial charge is 0.316 e.